The summed E-state index contributed by atoms with van der Waals surface area (Å²) in [5.41, 5.74) is 1.76. The van der Waals surface area contributed by atoms with Gasteiger partial charge in [0.15, 0.2) is 16.4 Å². The largest absolute Gasteiger partial charge is 0.494 e. The number of sulfone groups is 1. The molecule has 168 valence electrons. The molecule has 1 atom stereocenters. The average molecular weight is 466 g/mol. The van der Waals surface area contributed by atoms with Gasteiger partial charge in [0.05, 0.1) is 18.1 Å². The quantitative estimate of drug-likeness (QED) is 0.559. The number of ether oxygens (including phenoxy) is 2. The highest BCUT2D eigenvalue weighted by molar-refractivity contribution is 7.91. The van der Waals surface area contributed by atoms with Crippen LogP contribution in [0.25, 0.3) is 0 Å². The van der Waals surface area contributed by atoms with Crippen molar-refractivity contribution in [3.8, 4) is 11.5 Å². The maximum absolute atomic E-state index is 13.0. The normalized spacial score (nSPS) is 17.3. The van der Waals surface area contributed by atoms with Crippen molar-refractivity contribution in [2.24, 2.45) is 0 Å². The Kier molecular flexibility index (Phi) is 7.84. The predicted molar refractivity (Wildman–Crippen MR) is 122 cm³/mol. The molecule has 0 radical (unpaired) electrons. The summed E-state index contributed by atoms with van der Waals surface area (Å²) < 4.78 is 35.3. The van der Waals surface area contributed by atoms with E-state index < -0.39 is 9.84 Å². The molecule has 3 rings (SSSR count). The first kappa shape index (κ1) is 23.4. The second-order valence-corrected chi connectivity index (χ2v) is 10.4. The zero-order valence-corrected chi connectivity index (χ0v) is 19.4. The Labute approximate surface area is 189 Å². The van der Waals surface area contributed by atoms with E-state index in [2.05, 4.69) is 0 Å². The summed E-state index contributed by atoms with van der Waals surface area (Å²) in [5, 5.41) is 0.628. The van der Waals surface area contributed by atoms with Crippen molar-refractivity contribution in [1.29, 1.82) is 0 Å². The molecule has 31 heavy (non-hydrogen) atoms. The van der Waals surface area contributed by atoms with Gasteiger partial charge in [-0.25, -0.2) is 8.42 Å². The summed E-state index contributed by atoms with van der Waals surface area (Å²) in [5.74, 6) is 1.15. The molecule has 0 aliphatic carbocycles. The van der Waals surface area contributed by atoms with E-state index in [9.17, 15) is 13.2 Å². The smallest absolute Gasteiger partial charge is 0.261 e. The lowest BCUT2D eigenvalue weighted by Crippen LogP contribution is -2.43. The molecule has 1 unspecified atom stereocenters. The molecule has 2 aromatic rings. The zero-order chi connectivity index (χ0) is 22.4. The summed E-state index contributed by atoms with van der Waals surface area (Å²) in [6, 6.07) is 12.4. The van der Waals surface area contributed by atoms with Crippen LogP contribution in [0.5, 0.6) is 11.5 Å². The van der Waals surface area contributed by atoms with E-state index in [0.717, 1.165) is 23.3 Å². The molecule has 0 N–H and O–H groups in total. The minimum Gasteiger partial charge on any atom is -0.494 e. The SMILES string of the molecule is CCCOc1ccc(CN(C(=O)COc2ccc(Cl)c(C)c2)C2CCS(=O)(=O)C2)cc1. The fourth-order valence-corrected chi connectivity index (χ4v) is 5.33. The number of hydrogen-bond acceptors (Lipinski definition) is 5. The highest BCUT2D eigenvalue weighted by atomic mass is 35.5. The van der Waals surface area contributed by atoms with E-state index in [1.54, 1.807) is 23.1 Å². The number of nitrogens with zero attached hydrogens (tertiary/aromatic N) is 1. The number of aryl methyl sites for hydroxylation is 1. The third kappa shape index (κ3) is 6.61. The van der Waals surface area contributed by atoms with E-state index in [1.807, 2.05) is 38.1 Å². The number of rotatable bonds is 9. The lowest BCUT2D eigenvalue weighted by Gasteiger charge is -2.28. The van der Waals surface area contributed by atoms with Crippen LogP contribution in [0.3, 0.4) is 0 Å². The number of hydrogen-bond donors (Lipinski definition) is 0. The van der Waals surface area contributed by atoms with Gasteiger partial charge in [0.25, 0.3) is 5.91 Å². The van der Waals surface area contributed by atoms with Crippen molar-refractivity contribution in [3.05, 3.63) is 58.6 Å². The standard InChI is InChI=1S/C23H28ClNO5S/c1-3-11-29-20-6-4-18(5-7-20)14-25(19-10-12-31(27,28)16-19)23(26)15-30-21-8-9-22(24)17(2)13-21/h4-9,13,19H,3,10-12,14-16H2,1-2H3. The second-order valence-electron chi connectivity index (χ2n) is 7.77. The maximum Gasteiger partial charge on any atom is 0.261 e. The molecule has 0 spiro atoms. The van der Waals surface area contributed by atoms with Crippen LogP contribution in [0.15, 0.2) is 42.5 Å². The Morgan fingerprint density at radius 2 is 1.84 bits per heavy atom. The van der Waals surface area contributed by atoms with Crippen LogP contribution in [0.4, 0.5) is 0 Å². The molecule has 0 saturated carbocycles. The number of carbonyl (C=O) groups is 1. The summed E-state index contributed by atoms with van der Waals surface area (Å²) in [4.78, 5) is 14.7. The lowest BCUT2D eigenvalue weighted by atomic mass is 10.1. The Balaban J connectivity index is 1.71. The van der Waals surface area contributed by atoms with Crippen LogP contribution in [-0.2, 0) is 21.2 Å². The van der Waals surface area contributed by atoms with Crippen LogP contribution in [-0.4, -0.2) is 50.0 Å². The van der Waals surface area contributed by atoms with Crippen molar-refractivity contribution in [1.82, 2.24) is 4.90 Å². The molecule has 0 aromatic heterocycles. The number of carbonyl (C=O) groups excluding carboxylic acids is 1. The third-order valence-corrected chi connectivity index (χ3v) is 7.38. The molecule has 1 aliphatic heterocycles. The van der Waals surface area contributed by atoms with Crippen LogP contribution in [0.1, 0.15) is 30.9 Å². The van der Waals surface area contributed by atoms with E-state index in [0.29, 0.717) is 30.3 Å². The predicted octanol–water partition coefficient (Wildman–Crippen LogP) is 4.03. The summed E-state index contributed by atoms with van der Waals surface area (Å²) in [7, 11) is -3.13. The highest BCUT2D eigenvalue weighted by Crippen LogP contribution is 2.23. The van der Waals surface area contributed by atoms with Gasteiger partial charge < -0.3 is 14.4 Å². The van der Waals surface area contributed by atoms with Gasteiger partial charge in [-0.2, -0.15) is 0 Å². The fourth-order valence-electron chi connectivity index (χ4n) is 3.48. The van der Waals surface area contributed by atoms with Gasteiger partial charge in [0, 0.05) is 17.6 Å². The van der Waals surface area contributed by atoms with Crippen LogP contribution in [0, 0.1) is 6.92 Å². The maximum atomic E-state index is 13.0. The van der Waals surface area contributed by atoms with E-state index in [-0.39, 0.29) is 30.1 Å². The first-order valence-corrected chi connectivity index (χ1v) is 12.6. The van der Waals surface area contributed by atoms with Crippen molar-refractivity contribution in [2.45, 2.75) is 39.3 Å². The molecule has 8 heteroatoms. The van der Waals surface area contributed by atoms with Crippen molar-refractivity contribution in [2.75, 3.05) is 24.7 Å². The molecular formula is C23H28ClNO5S. The Hall–Kier alpha value is -2.25. The molecule has 1 heterocycles. The van der Waals surface area contributed by atoms with Gasteiger partial charge in [-0.1, -0.05) is 30.7 Å². The van der Waals surface area contributed by atoms with E-state index in [1.165, 1.54) is 0 Å². The summed E-state index contributed by atoms with van der Waals surface area (Å²) >= 11 is 6.04. The lowest BCUT2D eigenvalue weighted by molar-refractivity contribution is -0.136. The van der Waals surface area contributed by atoms with Gasteiger partial charge in [-0.3, -0.25) is 4.79 Å². The van der Waals surface area contributed by atoms with Crippen LogP contribution < -0.4 is 9.47 Å². The number of halogens is 1. The van der Waals surface area contributed by atoms with Crippen molar-refractivity contribution < 1.29 is 22.7 Å². The topological polar surface area (TPSA) is 72.9 Å². The van der Waals surface area contributed by atoms with Gasteiger partial charge >= 0.3 is 0 Å². The number of benzene rings is 2. The Bertz CT molecular complexity index is 1010. The average Bonchev–Trinajstić information content (AvgIpc) is 3.11. The van der Waals surface area contributed by atoms with Crippen LogP contribution in [0.2, 0.25) is 5.02 Å². The molecule has 1 amide bonds. The van der Waals surface area contributed by atoms with Gasteiger partial charge in [-0.05, 0) is 61.2 Å². The third-order valence-electron chi connectivity index (χ3n) is 5.21. The summed E-state index contributed by atoms with van der Waals surface area (Å²) in [6.45, 7) is 4.69. The van der Waals surface area contributed by atoms with Crippen LogP contribution >= 0.6 is 11.6 Å². The van der Waals surface area contributed by atoms with Gasteiger partial charge in [0.1, 0.15) is 11.5 Å². The molecule has 1 aliphatic rings. The first-order chi connectivity index (χ1) is 14.8. The molecular weight excluding hydrogens is 438 g/mol. The van der Waals surface area contributed by atoms with Crippen molar-refractivity contribution >= 4 is 27.3 Å². The molecule has 0 bridgehead atoms. The second kappa shape index (κ2) is 10.4. The zero-order valence-electron chi connectivity index (χ0n) is 17.8. The molecule has 6 nitrogen and oxygen atoms in total. The minimum absolute atomic E-state index is 0.0174. The fraction of sp³-hybridized carbons (Fsp3) is 0.435. The molecule has 1 fully saturated rings. The minimum atomic E-state index is -3.13. The highest BCUT2D eigenvalue weighted by Gasteiger charge is 2.34. The molecule has 1 saturated heterocycles. The van der Waals surface area contributed by atoms with E-state index >= 15 is 0 Å². The van der Waals surface area contributed by atoms with E-state index in [4.69, 9.17) is 21.1 Å². The van der Waals surface area contributed by atoms with Gasteiger partial charge in [0.2, 0.25) is 0 Å². The molecule has 2 aromatic carbocycles. The number of amides is 1. The Morgan fingerprint density at radius 1 is 1.13 bits per heavy atom. The first-order valence-electron chi connectivity index (χ1n) is 10.4. The summed E-state index contributed by atoms with van der Waals surface area (Å²) in [6.07, 6.45) is 1.36. The Morgan fingerprint density at radius 3 is 2.45 bits per heavy atom. The monoisotopic (exact) mass is 465 g/mol. The van der Waals surface area contributed by atoms with Gasteiger partial charge in [-0.15, -0.1) is 0 Å². The van der Waals surface area contributed by atoms with Crippen molar-refractivity contribution in [3.63, 3.8) is 0 Å².